The SMILES string of the molecule is CC(C)C(NC(=O)C(CO)NC(=O)C(CCC(N)=O)NC(=O)C1CCCN1)C(=O)O. The van der Waals surface area contributed by atoms with Crippen molar-refractivity contribution in [2.45, 2.75) is 63.7 Å². The van der Waals surface area contributed by atoms with Crippen LogP contribution in [0.2, 0.25) is 0 Å². The molecular weight excluding hydrogens is 398 g/mol. The number of aliphatic hydroxyl groups is 1. The summed E-state index contributed by atoms with van der Waals surface area (Å²) in [4.78, 5) is 59.6. The lowest BCUT2D eigenvalue weighted by Gasteiger charge is -2.25. The third-order valence-corrected chi connectivity index (χ3v) is 4.74. The molecule has 1 aliphatic heterocycles. The van der Waals surface area contributed by atoms with Crippen LogP contribution in [0.4, 0.5) is 0 Å². The fraction of sp³-hybridized carbons (Fsp3) is 0.722. The summed E-state index contributed by atoms with van der Waals surface area (Å²) in [6.45, 7) is 3.07. The maximum atomic E-state index is 12.6. The van der Waals surface area contributed by atoms with Gasteiger partial charge in [0.25, 0.3) is 0 Å². The van der Waals surface area contributed by atoms with E-state index in [1.807, 2.05) is 0 Å². The molecule has 0 spiro atoms. The average molecular weight is 429 g/mol. The monoisotopic (exact) mass is 429 g/mol. The van der Waals surface area contributed by atoms with Gasteiger partial charge in [-0.2, -0.15) is 0 Å². The standard InChI is InChI=1S/C18H31N5O7/c1-9(2)14(18(29)30)23-17(28)12(8-24)22-16(27)11(5-6-13(19)25)21-15(26)10-4-3-7-20-10/h9-12,14,20,24H,3-8H2,1-2H3,(H2,19,25)(H,21,26)(H,22,27)(H,23,28)(H,29,30). The van der Waals surface area contributed by atoms with Crippen LogP contribution in [0.25, 0.3) is 0 Å². The number of carbonyl (C=O) groups excluding carboxylic acids is 4. The van der Waals surface area contributed by atoms with E-state index in [2.05, 4.69) is 21.3 Å². The van der Waals surface area contributed by atoms with Gasteiger partial charge in [0.05, 0.1) is 12.6 Å². The van der Waals surface area contributed by atoms with E-state index >= 15 is 0 Å². The van der Waals surface area contributed by atoms with Crippen LogP contribution in [0.1, 0.15) is 39.5 Å². The highest BCUT2D eigenvalue weighted by atomic mass is 16.4. The molecule has 12 heteroatoms. The molecule has 0 saturated carbocycles. The van der Waals surface area contributed by atoms with E-state index in [-0.39, 0.29) is 12.8 Å². The normalized spacial score (nSPS) is 18.9. The zero-order valence-corrected chi connectivity index (χ0v) is 17.1. The summed E-state index contributed by atoms with van der Waals surface area (Å²) in [5.74, 6) is -4.45. The molecule has 0 aromatic rings. The van der Waals surface area contributed by atoms with Crippen molar-refractivity contribution >= 4 is 29.6 Å². The Labute approximate surface area is 174 Å². The van der Waals surface area contributed by atoms with Crippen LogP contribution in [0.5, 0.6) is 0 Å². The summed E-state index contributed by atoms with van der Waals surface area (Å²) < 4.78 is 0. The molecule has 4 atom stereocenters. The Bertz CT molecular complexity index is 649. The average Bonchev–Trinajstić information content (AvgIpc) is 3.21. The summed E-state index contributed by atoms with van der Waals surface area (Å²) in [6.07, 6.45) is 1.14. The van der Waals surface area contributed by atoms with Gasteiger partial charge in [0.15, 0.2) is 0 Å². The first-order chi connectivity index (χ1) is 14.1. The van der Waals surface area contributed by atoms with E-state index in [1.165, 1.54) is 0 Å². The van der Waals surface area contributed by atoms with E-state index in [9.17, 15) is 34.2 Å². The minimum absolute atomic E-state index is 0.0941. The second kappa shape index (κ2) is 12.1. The number of nitrogens with one attached hydrogen (secondary N) is 4. The molecule has 0 aromatic carbocycles. The fourth-order valence-electron chi connectivity index (χ4n) is 2.97. The Kier molecular flexibility index (Phi) is 10.2. The summed E-state index contributed by atoms with van der Waals surface area (Å²) in [6, 6.07) is -4.26. The van der Waals surface area contributed by atoms with E-state index in [0.717, 1.165) is 6.42 Å². The van der Waals surface area contributed by atoms with Crippen molar-refractivity contribution in [2.24, 2.45) is 11.7 Å². The van der Waals surface area contributed by atoms with Crippen LogP contribution >= 0.6 is 0 Å². The van der Waals surface area contributed by atoms with Crippen LogP contribution in [0.15, 0.2) is 0 Å². The fourth-order valence-corrected chi connectivity index (χ4v) is 2.97. The Morgan fingerprint density at radius 3 is 2.17 bits per heavy atom. The number of hydrogen-bond donors (Lipinski definition) is 7. The van der Waals surface area contributed by atoms with Crippen molar-refractivity contribution in [3.05, 3.63) is 0 Å². The second-order valence-corrected chi connectivity index (χ2v) is 7.53. The Morgan fingerprint density at radius 1 is 1.07 bits per heavy atom. The van der Waals surface area contributed by atoms with Gasteiger partial charge in [0.2, 0.25) is 23.6 Å². The first-order valence-corrected chi connectivity index (χ1v) is 9.83. The molecule has 4 amide bonds. The number of carboxylic acids is 1. The number of carboxylic acid groups (broad SMARTS) is 1. The van der Waals surface area contributed by atoms with Crippen LogP contribution < -0.4 is 27.0 Å². The number of hydrogen-bond acceptors (Lipinski definition) is 7. The lowest BCUT2D eigenvalue weighted by atomic mass is 10.0. The van der Waals surface area contributed by atoms with Gasteiger partial charge in [0, 0.05) is 6.42 Å². The number of aliphatic hydroxyl groups excluding tert-OH is 1. The second-order valence-electron chi connectivity index (χ2n) is 7.53. The Balaban J connectivity index is 2.81. The molecule has 30 heavy (non-hydrogen) atoms. The zero-order chi connectivity index (χ0) is 22.8. The number of nitrogens with two attached hydrogens (primary N) is 1. The predicted octanol–water partition coefficient (Wildman–Crippen LogP) is -2.81. The number of carbonyl (C=O) groups is 5. The first-order valence-electron chi connectivity index (χ1n) is 9.83. The summed E-state index contributed by atoms with van der Waals surface area (Å²) >= 11 is 0. The number of primary amides is 1. The van der Waals surface area contributed by atoms with Crippen molar-refractivity contribution in [3.8, 4) is 0 Å². The number of aliphatic carboxylic acids is 1. The Hall–Kier alpha value is -2.73. The molecule has 1 saturated heterocycles. The molecular formula is C18H31N5O7. The molecule has 0 bridgehead atoms. The summed E-state index contributed by atoms with van der Waals surface area (Å²) in [5.41, 5.74) is 5.13. The maximum absolute atomic E-state index is 12.6. The van der Waals surface area contributed by atoms with E-state index in [0.29, 0.717) is 13.0 Å². The van der Waals surface area contributed by atoms with Crippen LogP contribution in [0, 0.1) is 5.92 Å². The quantitative estimate of drug-likeness (QED) is 0.172. The molecule has 1 rings (SSSR count). The molecule has 0 radical (unpaired) electrons. The van der Waals surface area contributed by atoms with E-state index in [4.69, 9.17) is 5.73 Å². The molecule has 1 fully saturated rings. The van der Waals surface area contributed by atoms with Crippen molar-refractivity contribution < 1.29 is 34.2 Å². The topological polar surface area (TPSA) is 200 Å². The molecule has 4 unspecified atom stereocenters. The van der Waals surface area contributed by atoms with Gasteiger partial charge in [-0.3, -0.25) is 19.2 Å². The minimum atomic E-state index is -1.43. The van der Waals surface area contributed by atoms with Gasteiger partial charge in [0.1, 0.15) is 18.1 Å². The van der Waals surface area contributed by atoms with Crippen LogP contribution in [-0.2, 0) is 24.0 Å². The van der Waals surface area contributed by atoms with Crippen molar-refractivity contribution in [1.82, 2.24) is 21.3 Å². The van der Waals surface area contributed by atoms with Crippen molar-refractivity contribution in [1.29, 1.82) is 0 Å². The molecule has 1 heterocycles. The van der Waals surface area contributed by atoms with Crippen molar-refractivity contribution in [2.75, 3.05) is 13.2 Å². The van der Waals surface area contributed by atoms with Crippen LogP contribution in [0.3, 0.4) is 0 Å². The van der Waals surface area contributed by atoms with Gasteiger partial charge in [-0.25, -0.2) is 4.79 Å². The zero-order valence-electron chi connectivity index (χ0n) is 17.1. The third kappa shape index (κ3) is 7.95. The summed E-state index contributed by atoms with van der Waals surface area (Å²) in [5, 5.41) is 28.7. The van der Waals surface area contributed by atoms with Crippen molar-refractivity contribution in [3.63, 3.8) is 0 Å². The Morgan fingerprint density at radius 2 is 1.70 bits per heavy atom. The van der Waals surface area contributed by atoms with Gasteiger partial charge in [-0.15, -0.1) is 0 Å². The van der Waals surface area contributed by atoms with Gasteiger partial charge >= 0.3 is 5.97 Å². The molecule has 1 aliphatic rings. The highest BCUT2D eigenvalue weighted by Crippen LogP contribution is 2.07. The molecule has 8 N–H and O–H groups in total. The highest BCUT2D eigenvalue weighted by Gasteiger charge is 2.32. The number of rotatable bonds is 12. The molecule has 170 valence electrons. The van der Waals surface area contributed by atoms with Gasteiger partial charge < -0.3 is 37.2 Å². The smallest absolute Gasteiger partial charge is 0.326 e. The highest BCUT2D eigenvalue weighted by molar-refractivity contribution is 5.94. The summed E-state index contributed by atoms with van der Waals surface area (Å²) in [7, 11) is 0. The third-order valence-electron chi connectivity index (χ3n) is 4.74. The lowest BCUT2D eigenvalue weighted by molar-refractivity contribution is -0.143. The predicted molar refractivity (Wildman–Crippen MR) is 105 cm³/mol. The molecule has 12 nitrogen and oxygen atoms in total. The van der Waals surface area contributed by atoms with E-state index in [1.54, 1.807) is 13.8 Å². The first kappa shape index (κ1) is 25.3. The molecule has 0 aromatic heterocycles. The minimum Gasteiger partial charge on any atom is -0.480 e. The number of amides is 4. The van der Waals surface area contributed by atoms with E-state index < -0.39 is 66.3 Å². The molecule has 0 aliphatic carbocycles. The largest absolute Gasteiger partial charge is 0.480 e. The van der Waals surface area contributed by atoms with Gasteiger partial charge in [-0.05, 0) is 31.7 Å². The lowest BCUT2D eigenvalue weighted by Crippen LogP contribution is -2.58. The van der Waals surface area contributed by atoms with Crippen LogP contribution in [-0.4, -0.2) is 77.1 Å². The maximum Gasteiger partial charge on any atom is 0.326 e. The van der Waals surface area contributed by atoms with Gasteiger partial charge in [-0.1, -0.05) is 13.8 Å².